The third kappa shape index (κ3) is 3.44. The molecule has 5 rings (SSSR count). The van der Waals surface area contributed by atoms with Gasteiger partial charge in [-0.15, -0.1) is 11.3 Å². The highest BCUT2D eigenvalue weighted by molar-refractivity contribution is 7.89. The summed E-state index contributed by atoms with van der Waals surface area (Å²) in [6.45, 7) is 2.05. The van der Waals surface area contributed by atoms with Crippen molar-refractivity contribution in [2.24, 2.45) is 0 Å². The van der Waals surface area contributed by atoms with Gasteiger partial charge < -0.3 is 4.90 Å². The fourth-order valence-corrected chi connectivity index (χ4v) is 6.60. The summed E-state index contributed by atoms with van der Waals surface area (Å²) in [5, 5.41) is 6.48. The van der Waals surface area contributed by atoms with Gasteiger partial charge in [0, 0.05) is 36.9 Å². The fraction of sp³-hybridized carbons (Fsp3) is 0.200. The maximum absolute atomic E-state index is 12.8. The van der Waals surface area contributed by atoms with Crippen LogP contribution in [0.15, 0.2) is 63.5 Å². The standard InChI is InChI=1S/C20H18N4O2S3/c25-29(26,15-7-13-27-14-15)24-10-8-23(9-11-24)20-16-4-1-2-5-17(16)21-19(22-20)18-6-3-12-28-18/h1-7,12-14H,8-11H2. The van der Waals surface area contributed by atoms with Crippen LogP contribution in [0.5, 0.6) is 0 Å². The van der Waals surface area contributed by atoms with E-state index >= 15 is 0 Å². The van der Waals surface area contributed by atoms with E-state index in [0.29, 0.717) is 36.9 Å². The molecular weight excluding hydrogens is 424 g/mol. The molecule has 0 bridgehead atoms. The zero-order chi connectivity index (χ0) is 19.8. The minimum atomic E-state index is -3.42. The molecular formula is C20H18N4O2S3. The molecule has 0 aliphatic carbocycles. The molecule has 3 aromatic heterocycles. The van der Waals surface area contributed by atoms with Crippen LogP contribution >= 0.6 is 22.7 Å². The van der Waals surface area contributed by atoms with Crippen molar-refractivity contribution in [2.45, 2.75) is 4.90 Å². The maximum atomic E-state index is 12.8. The first-order valence-corrected chi connectivity index (χ1v) is 12.5. The SMILES string of the molecule is O=S(=O)(c1ccsc1)N1CCN(c2nc(-c3cccs3)nc3ccccc23)CC1. The number of hydrogen-bond acceptors (Lipinski definition) is 7. The molecule has 4 heterocycles. The van der Waals surface area contributed by atoms with Crippen LogP contribution in [-0.4, -0.2) is 48.9 Å². The Morgan fingerprint density at radius 2 is 1.72 bits per heavy atom. The number of piperazine rings is 1. The quantitative estimate of drug-likeness (QED) is 0.479. The molecule has 1 fully saturated rings. The molecule has 1 aromatic carbocycles. The number of para-hydroxylation sites is 1. The maximum Gasteiger partial charge on any atom is 0.244 e. The molecule has 0 N–H and O–H groups in total. The Labute approximate surface area is 177 Å². The van der Waals surface area contributed by atoms with E-state index in [2.05, 4.69) is 4.90 Å². The summed E-state index contributed by atoms with van der Waals surface area (Å²) in [4.78, 5) is 13.2. The molecule has 29 heavy (non-hydrogen) atoms. The first-order valence-electron chi connectivity index (χ1n) is 9.21. The zero-order valence-corrected chi connectivity index (χ0v) is 17.9. The second-order valence-corrected chi connectivity index (χ2v) is 10.4. The lowest BCUT2D eigenvalue weighted by atomic mass is 10.2. The molecule has 0 atom stereocenters. The smallest absolute Gasteiger partial charge is 0.244 e. The molecule has 0 spiro atoms. The van der Waals surface area contributed by atoms with Crippen molar-refractivity contribution in [2.75, 3.05) is 31.1 Å². The van der Waals surface area contributed by atoms with Gasteiger partial charge in [0.15, 0.2) is 5.82 Å². The number of thiophene rings is 2. The molecule has 0 radical (unpaired) electrons. The van der Waals surface area contributed by atoms with E-state index in [4.69, 9.17) is 9.97 Å². The van der Waals surface area contributed by atoms with Crippen LogP contribution in [-0.2, 0) is 10.0 Å². The van der Waals surface area contributed by atoms with Crippen molar-refractivity contribution in [3.8, 4) is 10.7 Å². The van der Waals surface area contributed by atoms with Gasteiger partial charge in [-0.25, -0.2) is 18.4 Å². The second kappa shape index (κ2) is 7.49. The number of hydrogen-bond donors (Lipinski definition) is 0. The average molecular weight is 443 g/mol. The first-order chi connectivity index (χ1) is 14.1. The van der Waals surface area contributed by atoms with Crippen LogP contribution in [0.3, 0.4) is 0 Å². The number of anilines is 1. The van der Waals surface area contributed by atoms with E-state index in [9.17, 15) is 8.42 Å². The lowest BCUT2D eigenvalue weighted by Gasteiger charge is -2.35. The zero-order valence-electron chi connectivity index (χ0n) is 15.4. The average Bonchev–Trinajstić information content (AvgIpc) is 3.47. The first kappa shape index (κ1) is 18.7. The van der Waals surface area contributed by atoms with Gasteiger partial charge in [-0.05, 0) is 35.0 Å². The number of rotatable bonds is 4. The van der Waals surface area contributed by atoms with Gasteiger partial charge in [0.2, 0.25) is 10.0 Å². The Morgan fingerprint density at radius 1 is 0.897 bits per heavy atom. The summed E-state index contributed by atoms with van der Waals surface area (Å²) in [5.74, 6) is 1.58. The number of benzene rings is 1. The van der Waals surface area contributed by atoms with Crippen molar-refractivity contribution in [1.82, 2.24) is 14.3 Å². The van der Waals surface area contributed by atoms with Crippen LogP contribution in [0, 0.1) is 0 Å². The number of aromatic nitrogens is 2. The van der Waals surface area contributed by atoms with Gasteiger partial charge in [-0.1, -0.05) is 18.2 Å². The summed E-state index contributed by atoms with van der Waals surface area (Å²) >= 11 is 3.01. The molecule has 0 saturated carbocycles. The van der Waals surface area contributed by atoms with E-state index in [1.54, 1.807) is 32.5 Å². The van der Waals surface area contributed by atoms with Gasteiger partial charge in [0.05, 0.1) is 15.3 Å². The van der Waals surface area contributed by atoms with Gasteiger partial charge in [-0.2, -0.15) is 15.6 Å². The van der Waals surface area contributed by atoms with Crippen LogP contribution in [0.25, 0.3) is 21.6 Å². The van der Waals surface area contributed by atoms with Crippen molar-refractivity contribution < 1.29 is 8.42 Å². The van der Waals surface area contributed by atoms with Gasteiger partial charge in [0.25, 0.3) is 0 Å². The Bertz CT molecular complexity index is 1230. The molecule has 0 unspecified atom stereocenters. The third-order valence-electron chi connectivity index (χ3n) is 5.00. The predicted octanol–water partition coefficient (Wildman–Crippen LogP) is 3.93. The highest BCUT2D eigenvalue weighted by Gasteiger charge is 2.30. The van der Waals surface area contributed by atoms with Crippen molar-refractivity contribution in [1.29, 1.82) is 0 Å². The molecule has 1 saturated heterocycles. The molecule has 0 amide bonds. The van der Waals surface area contributed by atoms with E-state index < -0.39 is 10.0 Å². The predicted molar refractivity (Wildman–Crippen MR) is 118 cm³/mol. The lowest BCUT2D eigenvalue weighted by molar-refractivity contribution is 0.384. The summed E-state index contributed by atoms with van der Waals surface area (Å²) in [5.41, 5.74) is 0.897. The largest absolute Gasteiger partial charge is 0.353 e. The Hall–Kier alpha value is -2.33. The topological polar surface area (TPSA) is 66.4 Å². The Morgan fingerprint density at radius 3 is 2.45 bits per heavy atom. The summed E-state index contributed by atoms with van der Waals surface area (Å²) in [6.07, 6.45) is 0. The molecule has 148 valence electrons. The summed E-state index contributed by atoms with van der Waals surface area (Å²) in [7, 11) is -3.42. The number of nitrogens with zero attached hydrogens (tertiary/aromatic N) is 4. The van der Waals surface area contributed by atoms with Gasteiger partial charge >= 0.3 is 0 Å². The Balaban J connectivity index is 1.46. The van der Waals surface area contributed by atoms with Crippen LogP contribution in [0.4, 0.5) is 5.82 Å². The minimum absolute atomic E-state index is 0.378. The van der Waals surface area contributed by atoms with Gasteiger partial charge in [-0.3, -0.25) is 0 Å². The highest BCUT2D eigenvalue weighted by atomic mass is 32.2. The lowest BCUT2D eigenvalue weighted by Crippen LogP contribution is -2.49. The molecule has 6 nitrogen and oxygen atoms in total. The third-order valence-corrected chi connectivity index (χ3v) is 8.59. The highest BCUT2D eigenvalue weighted by Crippen LogP contribution is 2.30. The van der Waals surface area contributed by atoms with Crippen molar-refractivity contribution in [3.63, 3.8) is 0 Å². The minimum Gasteiger partial charge on any atom is -0.353 e. The molecule has 9 heteroatoms. The van der Waals surface area contributed by atoms with Gasteiger partial charge in [0.1, 0.15) is 5.82 Å². The van der Waals surface area contributed by atoms with E-state index in [0.717, 1.165) is 21.6 Å². The normalized spacial score (nSPS) is 15.8. The van der Waals surface area contributed by atoms with E-state index in [1.165, 1.54) is 11.3 Å². The monoisotopic (exact) mass is 442 g/mol. The fourth-order valence-electron chi connectivity index (χ4n) is 3.50. The Kier molecular flexibility index (Phi) is 4.83. The van der Waals surface area contributed by atoms with Crippen molar-refractivity contribution in [3.05, 3.63) is 58.6 Å². The number of fused-ring (bicyclic) bond motifs is 1. The summed E-state index contributed by atoms with van der Waals surface area (Å²) in [6, 6.07) is 13.7. The van der Waals surface area contributed by atoms with E-state index in [1.807, 2.05) is 41.8 Å². The molecule has 1 aliphatic rings. The number of sulfonamides is 1. The van der Waals surface area contributed by atoms with Crippen LogP contribution in [0.2, 0.25) is 0 Å². The van der Waals surface area contributed by atoms with Crippen LogP contribution in [0.1, 0.15) is 0 Å². The molecule has 4 aromatic rings. The molecule has 1 aliphatic heterocycles. The van der Waals surface area contributed by atoms with E-state index in [-0.39, 0.29) is 0 Å². The summed E-state index contributed by atoms with van der Waals surface area (Å²) < 4.78 is 27.2. The van der Waals surface area contributed by atoms with Crippen LogP contribution < -0.4 is 4.90 Å². The second-order valence-electron chi connectivity index (χ2n) is 6.72. The van der Waals surface area contributed by atoms with Crippen molar-refractivity contribution >= 4 is 49.4 Å².